The molecule has 1 aromatic heterocycles. The molecule has 2 saturated carbocycles. The zero-order valence-corrected chi connectivity index (χ0v) is 15.9. The van der Waals surface area contributed by atoms with E-state index in [1.807, 2.05) is 0 Å². The van der Waals surface area contributed by atoms with Gasteiger partial charge in [-0.25, -0.2) is 4.98 Å². The molecule has 27 heavy (non-hydrogen) atoms. The first-order valence-corrected chi connectivity index (χ1v) is 9.99. The van der Waals surface area contributed by atoms with Gasteiger partial charge in [-0.3, -0.25) is 4.79 Å². The zero-order chi connectivity index (χ0) is 18.6. The van der Waals surface area contributed by atoms with E-state index in [-0.39, 0.29) is 28.9 Å². The Labute approximate surface area is 159 Å². The van der Waals surface area contributed by atoms with Gasteiger partial charge in [0.25, 0.3) is 5.91 Å². The number of H-pyrrole nitrogens is 1. The Bertz CT molecular complexity index is 833. The van der Waals surface area contributed by atoms with Crippen molar-refractivity contribution in [2.75, 3.05) is 6.61 Å². The summed E-state index contributed by atoms with van der Waals surface area (Å²) >= 11 is 0. The van der Waals surface area contributed by atoms with Crippen LogP contribution in [0, 0.1) is 22.7 Å². The van der Waals surface area contributed by atoms with E-state index in [0.29, 0.717) is 17.7 Å². The first-order chi connectivity index (χ1) is 13.0. The second-order valence-electron chi connectivity index (χ2n) is 9.09. The van der Waals surface area contributed by atoms with Crippen molar-refractivity contribution >= 4 is 5.91 Å². The van der Waals surface area contributed by atoms with Crippen LogP contribution in [0.1, 0.15) is 55.4 Å². The van der Waals surface area contributed by atoms with Crippen molar-refractivity contribution in [3.05, 3.63) is 54.1 Å². The SMILES string of the molecule is CC1(C)[C@@H]2C[C@@H]3[C@@H](c4ccccc4)OCC[C@]3(C2)[C@H]1NC(=O)c1ncc[nH]1. The molecule has 1 aromatic carbocycles. The summed E-state index contributed by atoms with van der Waals surface area (Å²) in [5, 5.41) is 3.38. The molecule has 5 atom stereocenters. The number of nitrogens with zero attached hydrogens (tertiary/aromatic N) is 1. The van der Waals surface area contributed by atoms with Crippen molar-refractivity contribution in [1.29, 1.82) is 0 Å². The highest BCUT2D eigenvalue weighted by Gasteiger charge is 2.68. The number of nitrogens with one attached hydrogen (secondary N) is 2. The van der Waals surface area contributed by atoms with Crippen LogP contribution in [-0.2, 0) is 4.74 Å². The van der Waals surface area contributed by atoms with Crippen LogP contribution in [0.25, 0.3) is 0 Å². The fourth-order valence-corrected chi connectivity index (χ4v) is 6.35. The zero-order valence-electron chi connectivity index (χ0n) is 15.9. The van der Waals surface area contributed by atoms with Gasteiger partial charge in [0.1, 0.15) is 0 Å². The van der Waals surface area contributed by atoms with E-state index in [1.165, 1.54) is 18.4 Å². The second-order valence-corrected chi connectivity index (χ2v) is 9.09. The van der Waals surface area contributed by atoms with E-state index < -0.39 is 0 Å². The Hall–Kier alpha value is -2.14. The maximum atomic E-state index is 12.8. The molecule has 1 spiro atoms. The maximum absolute atomic E-state index is 12.8. The average Bonchev–Trinajstić information content (AvgIpc) is 3.37. The number of aromatic nitrogens is 2. The largest absolute Gasteiger partial charge is 0.373 e. The Balaban J connectivity index is 1.49. The smallest absolute Gasteiger partial charge is 0.287 e. The number of imidazole rings is 1. The number of fused-ring (bicyclic) bond motifs is 1. The highest BCUT2D eigenvalue weighted by molar-refractivity contribution is 5.90. The summed E-state index contributed by atoms with van der Waals surface area (Å²) in [5.41, 5.74) is 1.45. The molecular weight excluding hydrogens is 338 g/mol. The van der Waals surface area contributed by atoms with Gasteiger partial charge in [0, 0.05) is 25.0 Å². The highest BCUT2D eigenvalue weighted by atomic mass is 16.5. The molecule has 5 heteroatoms. The minimum atomic E-state index is -0.0958. The van der Waals surface area contributed by atoms with Crippen molar-refractivity contribution in [3.8, 4) is 0 Å². The monoisotopic (exact) mass is 365 g/mol. The Morgan fingerprint density at radius 2 is 2.11 bits per heavy atom. The third kappa shape index (κ3) is 2.40. The first kappa shape index (κ1) is 17.0. The van der Waals surface area contributed by atoms with Gasteiger partial charge in [-0.15, -0.1) is 0 Å². The van der Waals surface area contributed by atoms with Crippen molar-refractivity contribution in [3.63, 3.8) is 0 Å². The lowest BCUT2D eigenvalue weighted by Crippen LogP contribution is -2.59. The van der Waals surface area contributed by atoms with Crippen LogP contribution in [0.5, 0.6) is 0 Å². The van der Waals surface area contributed by atoms with Gasteiger partial charge in [-0.05, 0) is 47.5 Å². The van der Waals surface area contributed by atoms with Gasteiger partial charge in [-0.2, -0.15) is 0 Å². The Morgan fingerprint density at radius 1 is 1.30 bits per heavy atom. The lowest BCUT2D eigenvalue weighted by molar-refractivity contribution is -0.120. The average molecular weight is 365 g/mol. The normalized spacial score (nSPS) is 36.4. The van der Waals surface area contributed by atoms with E-state index in [4.69, 9.17) is 4.74 Å². The molecule has 3 aliphatic rings. The summed E-state index contributed by atoms with van der Waals surface area (Å²) in [5.74, 6) is 1.36. The molecule has 2 bridgehead atoms. The van der Waals surface area contributed by atoms with Crippen LogP contribution in [0.4, 0.5) is 0 Å². The summed E-state index contributed by atoms with van der Waals surface area (Å²) in [4.78, 5) is 19.9. The number of carbonyl (C=O) groups excluding carboxylic acids is 1. The van der Waals surface area contributed by atoms with Crippen LogP contribution in [0.2, 0.25) is 0 Å². The van der Waals surface area contributed by atoms with E-state index >= 15 is 0 Å². The fourth-order valence-electron chi connectivity index (χ4n) is 6.35. The molecule has 5 rings (SSSR count). The standard InChI is InChI=1S/C22H27N3O2/c1-21(2)15-12-16-17(14-6-4-3-5-7-14)27-11-8-22(16,13-15)20(21)25-19(26)18-23-9-10-24-18/h3-7,9-10,15-17,20H,8,11-13H2,1-2H3,(H,23,24)(H,25,26)/t15-,16-,17-,20+,22-/m1/s1. The molecule has 2 N–H and O–H groups in total. The van der Waals surface area contributed by atoms with Crippen molar-refractivity contribution < 1.29 is 9.53 Å². The molecule has 1 saturated heterocycles. The van der Waals surface area contributed by atoms with Crippen LogP contribution in [-0.4, -0.2) is 28.5 Å². The van der Waals surface area contributed by atoms with Gasteiger partial charge >= 0.3 is 0 Å². The van der Waals surface area contributed by atoms with Gasteiger partial charge in [0.05, 0.1) is 6.10 Å². The number of rotatable bonds is 3. The first-order valence-electron chi connectivity index (χ1n) is 9.99. The van der Waals surface area contributed by atoms with E-state index in [9.17, 15) is 4.79 Å². The van der Waals surface area contributed by atoms with Crippen LogP contribution >= 0.6 is 0 Å². The number of carbonyl (C=O) groups is 1. The summed E-state index contributed by atoms with van der Waals surface area (Å²) in [6, 6.07) is 10.7. The lowest BCUT2D eigenvalue weighted by Gasteiger charge is -2.53. The van der Waals surface area contributed by atoms with E-state index in [2.05, 4.69) is 59.5 Å². The van der Waals surface area contributed by atoms with E-state index in [0.717, 1.165) is 13.0 Å². The Morgan fingerprint density at radius 3 is 2.85 bits per heavy atom. The maximum Gasteiger partial charge on any atom is 0.287 e. The Kier molecular flexibility index (Phi) is 3.73. The number of aromatic amines is 1. The van der Waals surface area contributed by atoms with Crippen LogP contribution in [0.15, 0.2) is 42.7 Å². The molecule has 2 aromatic rings. The lowest BCUT2D eigenvalue weighted by atomic mass is 9.59. The third-order valence-corrected chi connectivity index (χ3v) is 7.62. The number of benzene rings is 1. The highest BCUT2D eigenvalue weighted by Crippen LogP contribution is 2.70. The summed E-state index contributed by atoms with van der Waals surface area (Å²) in [7, 11) is 0. The third-order valence-electron chi connectivity index (χ3n) is 7.62. The molecule has 0 radical (unpaired) electrons. The molecule has 2 heterocycles. The summed E-state index contributed by atoms with van der Waals surface area (Å²) in [6.45, 7) is 5.40. The predicted octanol–water partition coefficient (Wildman–Crippen LogP) is 3.72. The minimum Gasteiger partial charge on any atom is -0.373 e. The molecule has 5 nitrogen and oxygen atoms in total. The van der Waals surface area contributed by atoms with E-state index in [1.54, 1.807) is 12.4 Å². The molecule has 3 fully saturated rings. The molecule has 0 unspecified atom stereocenters. The second kappa shape index (κ2) is 5.93. The number of hydrogen-bond acceptors (Lipinski definition) is 3. The molecule has 1 amide bonds. The van der Waals surface area contributed by atoms with Crippen molar-refractivity contribution in [2.45, 2.75) is 45.3 Å². The summed E-state index contributed by atoms with van der Waals surface area (Å²) in [6.07, 6.45) is 6.83. The molecular formula is C22H27N3O2. The van der Waals surface area contributed by atoms with Gasteiger partial charge in [0.15, 0.2) is 5.82 Å². The minimum absolute atomic E-state index is 0.0807. The topological polar surface area (TPSA) is 67.0 Å². The van der Waals surface area contributed by atoms with Crippen LogP contribution in [0.3, 0.4) is 0 Å². The van der Waals surface area contributed by atoms with Gasteiger partial charge in [0.2, 0.25) is 0 Å². The molecule has 142 valence electrons. The number of ether oxygens (including phenoxy) is 1. The van der Waals surface area contributed by atoms with Gasteiger partial charge in [-0.1, -0.05) is 44.2 Å². The number of hydrogen-bond donors (Lipinski definition) is 2. The quantitative estimate of drug-likeness (QED) is 0.871. The number of amides is 1. The van der Waals surface area contributed by atoms with Crippen LogP contribution < -0.4 is 5.32 Å². The molecule has 1 aliphatic heterocycles. The van der Waals surface area contributed by atoms with Crippen molar-refractivity contribution in [2.24, 2.45) is 22.7 Å². The van der Waals surface area contributed by atoms with Crippen molar-refractivity contribution in [1.82, 2.24) is 15.3 Å². The fraction of sp³-hybridized carbons (Fsp3) is 0.545. The van der Waals surface area contributed by atoms with Gasteiger partial charge < -0.3 is 15.0 Å². The predicted molar refractivity (Wildman–Crippen MR) is 102 cm³/mol. The summed E-state index contributed by atoms with van der Waals surface area (Å²) < 4.78 is 6.29. The molecule has 2 aliphatic carbocycles.